The molecule has 0 radical (unpaired) electrons. The molecule has 1 aromatic carbocycles. The first-order chi connectivity index (χ1) is 12.0. The predicted molar refractivity (Wildman–Crippen MR) is 84.8 cm³/mol. The van der Waals surface area contributed by atoms with E-state index >= 15 is 0 Å². The number of aliphatic carboxylic acids is 1. The molecule has 0 aromatic heterocycles. The average Bonchev–Trinajstić information content (AvgIpc) is 2.55. The Bertz CT molecular complexity index is 646. The van der Waals surface area contributed by atoms with Gasteiger partial charge < -0.3 is 20.1 Å². The van der Waals surface area contributed by atoms with Gasteiger partial charge in [0.2, 0.25) is 5.91 Å². The number of benzene rings is 1. The number of carbonyl (C=O) groups excluding carboxylic acids is 2. The number of nitrogens with zero attached hydrogens (tertiary/aromatic N) is 1. The van der Waals surface area contributed by atoms with Crippen LogP contribution in [-0.4, -0.2) is 59.7 Å². The van der Waals surface area contributed by atoms with Crippen LogP contribution in [0.2, 0.25) is 0 Å². The molecule has 0 saturated carbocycles. The number of halogens is 3. The number of amides is 2. The smallest absolute Gasteiger partial charge is 0.422 e. The van der Waals surface area contributed by atoms with Gasteiger partial charge in [-0.1, -0.05) is 0 Å². The standard InChI is InChI=1S/C16H19F3N2O5/c1-10(15(24)25)21(8-7-20-11(2)22)14(23)12-3-5-13(6-4-12)26-9-16(17,18)19/h3-6,10H,7-9H2,1-2H3,(H,20,22)(H,24,25). The van der Waals surface area contributed by atoms with Crippen LogP contribution < -0.4 is 10.1 Å². The van der Waals surface area contributed by atoms with Gasteiger partial charge in [0.15, 0.2) is 6.61 Å². The molecule has 0 spiro atoms. The van der Waals surface area contributed by atoms with Gasteiger partial charge >= 0.3 is 12.1 Å². The van der Waals surface area contributed by atoms with Crippen LogP contribution in [0.5, 0.6) is 5.75 Å². The van der Waals surface area contributed by atoms with Gasteiger partial charge in [-0.2, -0.15) is 13.2 Å². The maximum atomic E-state index is 12.5. The summed E-state index contributed by atoms with van der Waals surface area (Å²) in [4.78, 5) is 35.7. The first kappa shape index (κ1) is 21.3. The van der Waals surface area contributed by atoms with Crippen molar-refractivity contribution >= 4 is 17.8 Å². The van der Waals surface area contributed by atoms with Gasteiger partial charge in [0.25, 0.3) is 5.91 Å². The number of nitrogens with one attached hydrogen (secondary N) is 1. The molecule has 0 fully saturated rings. The van der Waals surface area contributed by atoms with E-state index in [2.05, 4.69) is 10.1 Å². The molecule has 0 aliphatic rings. The molecule has 26 heavy (non-hydrogen) atoms. The molecule has 10 heteroatoms. The summed E-state index contributed by atoms with van der Waals surface area (Å²) >= 11 is 0. The molecule has 7 nitrogen and oxygen atoms in total. The highest BCUT2D eigenvalue weighted by atomic mass is 19.4. The maximum Gasteiger partial charge on any atom is 0.422 e. The van der Waals surface area contributed by atoms with Gasteiger partial charge in [-0.05, 0) is 31.2 Å². The van der Waals surface area contributed by atoms with Crippen molar-refractivity contribution in [3.05, 3.63) is 29.8 Å². The highest BCUT2D eigenvalue weighted by molar-refractivity contribution is 5.96. The van der Waals surface area contributed by atoms with Crippen LogP contribution >= 0.6 is 0 Å². The second-order valence-electron chi connectivity index (χ2n) is 5.42. The van der Waals surface area contributed by atoms with Crippen molar-refractivity contribution in [3.8, 4) is 5.75 Å². The van der Waals surface area contributed by atoms with Crippen LogP contribution in [0.25, 0.3) is 0 Å². The largest absolute Gasteiger partial charge is 0.484 e. The van der Waals surface area contributed by atoms with Gasteiger partial charge in [-0.3, -0.25) is 9.59 Å². The fourth-order valence-corrected chi connectivity index (χ4v) is 1.98. The summed E-state index contributed by atoms with van der Waals surface area (Å²) in [5, 5.41) is 11.6. The summed E-state index contributed by atoms with van der Waals surface area (Å²) in [6.45, 7) is 1.16. The van der Waals surface area contributed by atoms with Crippen LogP contribution in [0.1, 0.15) is 24.2 Å². The van der Waals surface area contributed by atoms with Crippen molar-refractivity contribution < 1.29 is 37.4 Å². The van der Waals surface area contributed by atoms with Gasteiger partial charge in [0, 0.05) is 25.6 Å². The minimum absolute atomic E-state index is 0.0434. The highest BCUT2D eigenvalue weighted by Crippen LogP contribution is 2.19. The third kappa shape index (κ3) is 6.99. The molecule has 0 saturated heterocycles. The zero-order valence-electron chi connectivity index (χ0n) is 14.2. The number of hydrogen-bond donors (Lipinski definition) is 2. The predicted octanol–water partition coefficient (Wildman–Crippen LogP) is 1.68. The van der Waals surface area contributed by atoms with Crippen molar-refractivity contribution in [2.24, 2.45) is 0 Å². The van der Waals surface area contributed by atoms with Crippen LogP contribution in [0.3, 0.4) is 0 Å². The lowest BCUT2D eigenvalue weighted by Crippen LogP contribution is -2.46. The van der Waals surface area contributed by atoms with E-state index < -0.39 is 30.7 Å². The van der Waals surface area contributed by atoms with E-state index in [1.54, 1.807) is 0 Å². The average molecular weight is 376 g/mol. The fourth-order valence-electron chi connectivity index (χ4n) is 1.98. The summed E-state index contributed by atoms with van der Waals surface area (Å²) in [5.41, 5.74) is 0.0836. The minimum atomic E-state index is -4.48. The quantitative estimate of drug-likeness (QED) is 0.720. The Kier molecular flexibility index (Phi) is 7.41. The van der Waals surface area contributed by atoms with Crippen molar-refractivity contribution in [2.45, 2.75) is 26.1 Å². The van der Waals surface area contributed by atoms with Gasteiger partial charge in [0.1, 0.15) is 11.8 Å². The lowest BCUT2D eigenvalue weighted by molar-refractivity contribution is -0.153. The molecular weight excluding hydrogens is 357 g/mol. The van der Waals surface area contributed by atoms with E-state index in [9.17, 15) is 27.6 Å². The summed E-state index contributed by atoms with van der Waals surface area (Å²) in [7, 11) is 0. The summed E-state index contributed by atoms with van der Waals surface area (Å²) in [6, 6.07) is 3.71. The monoisotopic (exact) mass is 376 g/mol. The Hall–Kier alpha value is -2.78. The third-order valence-electron chi connectivity index (χ3n) is 3.32. The van der Waals surface area contributed by atoms with E-state index in [0.29, 0.717) is 0 Å². The molecular formula is C16H19F3N2O5. The summed E-state index contributed by atoms with van der Waals surface area (Å²) in [5.74, 6) is -2.26. The van der Waals surface area contributed by atoms with Gasteiger partial charge in [-0.15, -0.1) is 0 Å². The molecule has 0 heterocycles. The van der Waals surface area contributed by atoms with Crippen molar-refractivity contribution in [2.75, 3.05) is 19.7 Å². The van der Waals surface area contributed by atoms with Gasteiger partial charge in [-0.25, -0.2) is 4.79 Å². The van der Waals surface area contributed by atoms with Crippen LogP contribution in [-0.2, 0) is 9.59 Å². The first-order valence-electron chi connectivity index (χ1n) is 7.59. The van der Waals surface area contributed by atoms with Crippen molar-refractivity contribution in [1.82, 2.24) is 10.2 Å². The Morgan fingerprint density at radius 1 is 1.23 bits per heavy atom. The van der Waals surface area contributed by atoms with Crippen LogP contribution in [0.15, 0.2) is 24.3 Å². The van der Waals surface area contributed by atoms with E-state index in [0.717, 1.165) is 4.90 Å². The SMILES string of the molecule is CC(=O)NCCN(C(=O)c1ccc(OCC(F)(F)F)cc1)C(C)C(=O)O. The number of carbonyl (C=O) groups is 3. The minimum Gasteiger partial charge on any atom is -0.484 e. The van der Waals surface area contributed by atoms with Crippen molar-refractivity contribution in [3.63, 3.8) is 0 Å². The third-order valence-corrected chi connectivity index (χ3v) is 3.32. The highest BCUT2D eigenvalue weighted by Gasteiger charge is 2.29. The molecule has 2 amide bonds. The van der Waals surface area contributed by atoms with Crippen LogP contribution in [0, 0.1) is 0 Å². The molecule has 144 valence electrons. The lowest BCUT2D eigenvalue weighted by atomic mass is 10.1. The van der Waals surface area contributed by atoms with Crippen LogP contribution in [0.4, 0.5) is 13.2 Å². The number of rotatable bonds is 8. The molecule has 1 atom stereocenters. The topological polar surface area (TPSA) is 95.9 Å². The zero-order chi connectivity index (χ0) is 19.9. The fraction of sp³-hybridized carbons (Fsp3) is 0.438. The number of carboxylic acids is 1. The summed E-state index contributed by atoms with van der Waals surface area (Å²) in [6.07, 6.45) is -4.48. The number of hydrogen-bond acceptors (Lipinski definition) is 4. The lowest BCUT2D eigenvalue weighted by Gasteiger charge is -2.26. The first-order valence-corrected chi connectivity index (χ1v) is 7.59. The zero-order valence-corrected chi connectivity index (χ0v) is 14.2. The maximum absolute atomic E-state index is 12.5. The Morgan fingerprint density at radius 3 is 2.27 bits per heavy atom. The Morgan fingerprint density at radius 2 is 1.81 bits per heavy atom. The Labute approximate surface area is 147 Å². The van der Waals surface area contributed by atoms with E-state index in [1.807, 2.05) is 0 Å². The number of carboxylic acid groups (broad SMARTS) is 1. The molecule has 0 aliphatic heterocycles. The molecule has 1 unspecified atom stereocenters. The normalized spacial score (nSPS) is 12.2. The molecule has 1 aromatic rings. The molecule has 2 N–H and O–H groups in total. The van der Waals surface area contributed by atoms with Gasteiger partial charge in [0.05, 0.1) is 0 Å². The molecule has 0 aliphatic carbocycles. The number of ether oxygens (including phenoxy) is 1. The van der Waals surface area contributed by atoms with E-state index in [1.165, 1.54) is 38.1 Å². The van der Waals surface area contributed by atoms with Crippen molar-refractivity contribution in [1.29, 1.82) is 0 Å². The van der Waals surface area contributed by atoms with E-state index in [4.69, 9.17) is 5.11 Å². The molecule has 1 rings (SSSR count). The second kappa shape index (κ2) is 9.07. The number of alkyl halides is 3. The summed E-state index contributed by atoms with van der Waals surface area (Å²) < 4.78 is 40.9. The Balaban J connectivity index is 2.85. The van der Waals surface area contributed by atoms with E-state index in [-0.39, 0.29) is 30.3 Å². The molecule has 0 bridgehead atoms. The second-order valence-corrected chi connectivity index (χ2v) is 5.42.